The zero-order valence-corrected chi connectivity index (χ0v) is 29.8. The molecule has 5 aromatic carbocycles. The summed E-state index contributed by atoms with van der Waals surface area (Å²) in [6, 6.07) is 37.8. The van der Waals surface area contributed by atoms with Gasteiger partial charge in [-0.15, -0.1) is 0 Å². The molecule has 1 aliphatic heterocycles. The van der Waals surface area contributed by atoms with Gasteiger partial charge in [-0.2, -0.15) is 0 Å². The van der Waals surface area contributed by atoms with Crippen LogP contribution in [-0.2, 0) is 25.7 Å². The fraction of sp³-hybridized carbons (Fsp3) is 0.302. The molecule has 9 nitrogen and oxygen atoms in total. The lowest BCUT2D eigenvalue weighted by molar-refractivity contribution is -0.253. The Bertz CT molecular complexity index is 1950. The van der Waals surface area contributed by atoms with Gasteiger partial charge in [0.2, 0.25) is 11.8 Å². The second kappa shape index (κ2) is 17.4. The van der Waals surface area contributed by atoms with E-state index in [2.05, 4.69) is 72.0 Å². The molecule has 0 radical (unpaired) electrons. The number of nitrogens with two attached hydrogens (primary N) is 1. The van der Waals surface area contributed by atoms with Gasteiger partial charge < -0.3 is 30.9 Å². The van der Waals surface area contributed by atoms with Crippen molar-refractivity contribution < 1.29 is 24.2 Å². The number of nitrogens with one attached hydrogen (secondary N) is 2. The van der Waals surface area contributed by atoms with Crippen molar-refractivity contribution in [2.75, 3.05) is 30.0 Å². The number of carbonyl (C=O) groups is 2. The molecule has 2 amide bonds. The minimum atomic E-state index is -0.604. The predicted octanol–water partition coefficient (Wildman–Crippen LogP) is 8.29. The molecular formula is C43H48N4O5. The number of fused-ring (bicyclic) bond motifs is 1. The molecule has 1 heterocycles. The maximum Gasteiger partial charge on any atom is 0.224 e. The van der Waals surface area contributed by atoms with Gasteiger partial charge in [-0.1, -0.05) is 84.9 Å². The normalized spacial score (nSPS) is 17.9. The zero-order valence-electron chi connectivity index (χ0n) is 29.8. The van der Waals surface area contributed by atoms with Crippen LogP contribution in [0.2, 0.25) is 0 Å². The largest absolute Gasteiger partial charge is 0.397 e. The van der Waals surface area contributed by atoms with E-state index in [9.17, 15) is 14.7 Å². The predicted molar refractivity (Wildman–Crippen MR) is 206 cm³/mol. The van der Waals surface area contributed by atoms with Crippen molar-refractivity contribution in [2.24, 2.45) is 0 Å². The van der Waals surface area contributed by atoms with Gasteiger partial charge in [0.15, 0.2) is 6.29 Å². The summed E-state index contributed by atoms with van der Waals surface area (Å²) < 4.78 is 13.2. The SMILES string of the molecule is CC(c1ccc2ccccc2c1)N(C)CC1CC(c2ccc(CO)cc2)OC(c2ccc(NC(=O)CCCCC(=O)Nc3ccccc3N)cc2)O1. The Kier molecular flexibility index (Phi) is 12.3. The molecule has 5 aromatic rings. The summed E-state index contributed by atoms with van der Waals surface area (Å²) in [6.07, 6.45) is 1.55. The molecule has 270 valence electrons. The third kappa shape index (κ3) is 9.63. The monoisotopic (exact) mass is 700 g/mol. The van der Waals surface area contributed by atoms with E-state index in [-0.39, 0.29) is 36.7 Å². The van der Waals surface area contributed by atoms with E-state index in [0.29, 0.717) is 55.7 Å². The van der Waals surface area contributed by atoms with Crippen LogP contribution in [0.25, 0.3) is 10.8 Å². The smallest absolute Gasteiger partial charge is 0.224 e. The molecule has 4 unspecified atom stereocenters. The van der Waals surface area contributed by atoms with Crippen molar-refractivity contribution in [3.05, 3.63) is 138 Å². The summed E-state index contributed by atoms with van der Waals surface area (Å²) in [5.41, 5.74) is 11.7. The highest BCUT2D eigenvalue weighted by Gasteiger charge is 2.33. The summed E-state index contributed by atoms with van der Waals surface area (Å²) in [5, 5.41) is 17.8. The van der Waals surface area contributed by atoms with E-state index in [4.69, 9.17) is 15.2 Å². The van der Waals surface area contributed by atoms with Crippen LogP contribution in [0, 0.1) is 0 Å². The second-order valence-electron chi connectivity index (χ2n) is 13.6. The third-order valence-corrected chi connectivity index (χ3v) is 9.78. The van der Waals surface area contributed by atoms with Crippen LogP contribution in [0.3, 0.4) is 0 Å². The Labute approximate surface area is 305 Å². The molecule has 0 aliphatic carbocycles. The van der Waals surface area contributed by atoms with E-state index in [0.717, 1.165) is 16.7 Å². The van der Waals surface area contributed by atoms with Crippen molar-refractivity contribution in [1.82, 2.24) is 4.90 Å². The Morgan fingerprint density at radius 1 is 0.808 bits per heavy atom. The topological polar surface area (TPSA) is 126 Å². The first-order valence-corrected chi connectivity index (χ1v) is 18.0. The van der Waals surface area contributed by atoms with E-state index >= 15 is 0 Å². The first-order valence-electron chi connectivity index (χ1n) is 18.0. The van der Waals surface area contributed by atoms with Crippen molar-refractivity contribution in [3.8, 4) is 0 Å². The number of anilines is 3. The fourth-order valence-electron chi connectivity index (χ4n) is 6.58. The Morgan fingerprint density at radius 2 is 1.46 bits per heavy atom. The number of aliphatic hydroxyl groups is 1. The quantitative estimate of drug-likeness (QED) is 0.0679. The molecule has 1 fully saturated rings. The lowest BCUT2D eigenvalue weighted by Gasteiger charge is -2.39. The number of ether oxygens (including phenoxy) is 2. The molecule has 52 heavy (non-hydrogen) atoms. The Balaban J connectivity index is 1.05. The number of rotatable bonds is 14. The molecule has 0 saturated carbocycles. The van der Waals surface area contributed by atoms with Gasteiger partial charge in [0.25, 0.3) is 0 Å². The number of benzene rings is 5. The summed E-state index contributed by atoms with van der Waals surface area (Å²) in [6.45, 7) is 2.91. The first kappa shape index (κ1) is 36.7. The maximum atomic E-state index is 12.7. The molecule has 1 saturated heterocycles. The molecule has 0 bridgehead atoms. The minimum absolute atomic E-state index is 0.0116. The zero-order chi connectivity index (χ0) is 36.5. The van der Waals surface area contributed by atoms with Crippen LogP contribution in [0.5, 0.6) is 0 Å². The van der Waals surface area contributed by atoms with Gasteiger partial charge in [0, 0.05) is 43.1 Å². The van der Waals surface area contributed by atoms with Gasteiger partial charge in [0.1, 0.15) is 0 Å². The number of unbranched alkanes of at least 4 members (excludes halogenated alkanes) is 1. The molecule has 1 aliphatic rings. The number of carbonyl (C=O) groups excluding carboxylic acids is 2. The standard InChI is InChI=1S/C43H48N4O5/c1-29(34-20-19-31-9-3-4-10-35(31)25-34)47(2)27-37-26-40(32-17-15-30(28-48)16-18-32)52-43(51-37)33-21-23-36(24-22-33)45-41(49)13-7-8-14-42(50)46-39-12-6-5-11-38(39)44/h3-6,9-12,15-25,29,37,40,43,48H,7-8,13-14,26-28,44H2,1-2H3,(H,45,49)(H,46,50). The van der Waals surface area contributed by atoms with Crippen LogP contribution in [0.4, 0.5) is 17.1 Å². The Morgan fingerprint density at radius 3 is 2.17 bits per heavy atom. The van der Waals surface area contributed by atoms with Crippen molar-refractivity contribution in [1.29, 1.82) is 0 Å². The number of nitrogens with zero attached hydrogens (tertiary/aromatic N) is 1. The first-order chi connectivity index (χ1) is 25.2. The van der Waals surface area contributed by atoms with Crippen LogP contribution < -0.4 is 16.4 Å². The highest BCUT2D eigenvalue weighted by Crippen LogP contribution is 2.39. The number of amides is 2. The molecule has 9 heteroatoms. The average molecular weight is 701 g/mol. The van der Waals surface area contributed by atoms with Gasteiger partial charge in [-0.05, 0) is 84.6 Å². The van der Waals surface area contributed by atoms with Gasteiger partial charge in [-0.25, -0.2) is 0 Å². The minimum Gasteiger partial charge on any atom is -0.397 e. The molecule has 0 spiro atoms. The molecule has 4 atom stereocenters. The molecule has 0 aromatic heterocycles. The molecular weight excluding hydrogens is 652 g/mol. The number of aliphatic hydroxyl groups excluding tert-OH is 1. The van der Waals surface area contributed by atoms with Gasteiger partial charge in [0.05, 0.1) is 30.2 Å². The molecule has 5 N–H and O–H groups in total. The number of nitrogen functional groups attached to an aromatic ring is 1. The van der Waals surface area contributed by atoms with E-state index in [1.54, 1.807) is 12.1 Å². The number of likely N-dealkylation sites (N-methyl/N-ethyl adjacent to an activating group) is 1. The molecule has 6 rings (SSSR count). The van der Waals surface area contributed by atoms with Crippen molar-refractivity contribution in [3.63, 3.8) is 0 Å². The highest BCUT2D eigenvalue weighted by molar-refractivity contribution is 5.94. The highest BCUT2D eigenvalue weighted by atomic mass is 16.7. The maximum absolute atomic E-state index is 12.7. The lowest BCUT2D eigenvalue weighted by Crippen LogP contribution is -2.38. The van der Waals surface area contributed by atoms with Crippen molar-refractivity contribution >= 4 is 39.6 Å². The van der Waals surface area contributed by atoms with E-state index in [1.165, 1.54) is 16.3 Å². The van der Waals surface area contributed by atoms with Crippen molar-refractivity contribution in [2.45, 2.75) is 70.2 Å². The fourth-order valence-corrected chi connectivity index (χ4v) is 6.58. The summed E-state index contributed by atoms with van der Waals surface area (Å²) >= 11 is 0. The van der Waals surface area contributed by atoms with Gasteiger partial charge in [-0.3, -0.25) is 14.5 Å². The summed E-state index contributed by atoms with van der Waals surface area (Å²) in [5.74, 6) is -0.237. The van der Waals surface area contributed by atoms with Crippen LogP contribution in [-0.4, -0.2) is 41.5 Å². The lowest BCUT2D eigenvalue weighted by atomic mass is 9.98. The number of para-hydroxylation sites is 2. The second-order valence-corrected chi connectivity index (χ2v) is 13.6. The third-order valence-electron chi connectivity index (χ3n) is 9.78. The van der Waals surface area contributed by atoms with E-state index in [1.807, 2.05) is 60.7 Å². The van der Waals surface area contributed by atoms with Crippen LogP contribution in [0.15, 0.2) is 115 Å². The number of hydrogen-bond donors (Lipinski definition) is 4. The van der Waals surface area contributed by atoms with Crippen LogP contribution >= 0.6 is 0 Å². The van der Waals surface area contributed by atoms with Crippen LogP contribution in [0.1, 0.15) is 79.7 Å². The van der Waals surface area contributed by atoms with E-state index < -0.39 is 6.29 Å². The summed E-state index contributed by atoms with van der Waals surface area (Å²) in [7, 11) is 2.13. The van der Waals surface area contributed by atoms with Gasteiger partial charge >= 0.3 is 0 Å². The Hall–Kier alpha value is -5.06. The average Bonchev–Trinajstić information content (AvgIpc) is 3.17. The number of hydrogen-bond acceptors (Lipinski definition) is 7. The summed E-state index contributed by atoms with van der Waals surface area (Å²) in [4.78, 5) is 27.3.